The monoisotopic (exact) mass is 421 g/mol. The van der Waals surface area contributed by atoms with Crippen molar-refractivity contribution < 1.29 is 28.5 Å². The van der Waals surface area contributed by atoms with E-state index in [1.165, 1.54) is 14.2 Å². The average molecular weight is 421 g/mol. The summed E-state index contributed by atoms with van der Waals surface area (Å²) in [7, 11) is 3.01. The van der Waals surface area contributed by atoms with E-state index in [0.29, 0.717) is 29.4 Å². The standard InChI is InChI=1S/C24H23NO6/c1-28-20-12-13-22(29-2)21(14-20)25-23(26)16-31-24(27)18-10-8-17(9-11-18)15-30-19-6-4-3-5-7-19/h3-14H,15-16H2,1-2H3,(H,25,26). The fraction of sp³-hybridized carbons (Fsp3) is 0.167. The molecule has 3 aromatic carbocycles. The number of carbonyl (C=O) groups excluding carboxylic acids is 2. The molecule has 7 heteroatoms. The van der Waals surface area contributed by atoms with Crippen LogP contribution in [-0.4, -0.2) is 32.7 Å². The van der Waals surface area contributed by atoms with Gasteiger partial charge < -0.3 is 24.3 Å². The van der Waals surface area contributed by atoms with Crippen molar-refractivity contribution in [1.82, 2.24) is 0 Å². The maximum atomic E-state index is 12.2. The summed E-state index contributed by atoms with van der Waals surface area (Å²) in [6.45, 7) is -0.0534. The van der Waals surface area contributed by atoms with E-state index in [1.54, 1.807) is 42.5 Å². The van der Waals surface area contributed by atoms with Gasteiger partial charge in [-0.05, 0) is 42.0 Å². The molecule has 0 aliphatic carbocycles. The van der Waals surface area contributed by atoms with Crippen LogP contribution in [-0.2, 0) is 16.1 Å². The first-order valence-electron chi connectivity index (χ1n) is 9.55. The first-order chi connectivity index (χ1) is 15.1. The smallest absolute Gasteiger partial charge is 0.338 e. The molecule has 0 fully saturated rings. The van der Waals surface area contributed by atoms with Gasteiger partial charge in [0.1, 0.15) is 23.9 Å². The molecule has 0 aliphatic heterocycles. The van der Waals surface area contributed by atoms with Gasteiger partial charge >= 0.3 is 5.97 Å². The number of ether oxygens (including phenoxy) is 4. The molecule has 0 spiro atoms. The fourth-order valence-corrected chi connectivity index (χ4v) is 2.73. The first-order valence-corrected chi connectivity index (χ1v) is 9.55. The van der Waals surface area contributed by atoms with Crippen molar-refractivity contribution in [2.45, 2.75) is 6.61 Å². The molecular weight excluding hydrogens is 398 g/mol. The predicted molar refractivity (Wildman–Crippen MR) is 116 cm³/mol. The Kier molecular flexibility index (Phi) is 7.48. The Morgan fingerprint density at radius 2 is 1.58 bits per heavy atom. The molecular formula is C24H23NO6. The third-order valence-electron chi connectivity index (χ3n) is 4.35. The summed E-state index contributed by atoms with van der Waals surface area (Å²) in [5.74, 6) is 0.707. The summed E-state index contributed by atoms with van der Waals surface area (Å²) in [4.78, 5) is 24.4. The Bertz CT molecular complexity index is 1020. The third kappa shape index (κ3) is 6.24. The number of hydrogen-bond acceptors (Lipinski definition) is 6. The van der Waals surface area contributed by atoms with Crippen molar-refractivity contribution in [1.29, 1.82) is 0 Å². The van der Waals surface area contributed by atoms with Gasteiger partial charge in [-0.1, -0.05) is 30.3 Å². The fourth-order valence-electron chi connectivity index (χ4n) is 2.73. The molecule has 0 atom stereocenters. The van der Waals surface area contributed by atoms with Crippen LogP contribution in [0.2, 0.25) is 0 Å². The number of carbonyl (C=O) groups is 2. The molecule has 7 nitrogen and oxygen atoms in total. The first kappa shape index (κ1) is 21.7. The number of benzene rings is 3. The summed E-state index contributed by atoms with van der Waals surface area (Å²) in [5, 5.41) is 2.65. The largest absolute Gasteiger partial charge is 0.497 e. The summed E-state index contributed by atoms with van der Waals surface area (Å²) in [6, 6.07) is 21.3. The quantitative estimate of drug-likeness (QED) is 0.524. The maximum absolute atomic E-state index is 12.2. The predicted octanol–water partition coefficient (Wildman–Crippen LogP) is 4.08. The number of esters is 1. The molecule has 31 heavy (non-hydrogen) atoms. The lowest BCUT2D eigenvalue weighted by atomic mass is 10.1. The van der Waals surface area contributed by atoms with Gasteiger partial charge in [0.05, 0.1) is 25.5 Å². The van der Waals surface area contributed by atoms with Gasteiger partial charge in [0.15, 0.2) is 6.61 Å². The minimum absolute atomic E-state index is 0.343. The number of para-hydroxylation sites is 1. The van der Waals surface area contributed by atoms with Gasteiger partial charge in [-0.25, -0.2) is 4.79 Å². The summed E-state index contributed by atoms with van der Waals surface area (Å²) in [5.41, 5.74) is 1.67. The molecule has 0 aromatic heterocycles. The molecule has 160 valence electrons. The van der Waals surface area contributed by atoms with Crippen LogP contribution in [0, 0.1) is 0 Å². The summed E-state index contributed by atoms with van der Waals surface area (Å²) in [6.07, 6.45) is 0. The number of methoxy groups -OCH3 is 2. The summed E-state index contributed by atoms with van der Waals surface area (Å²) >= 11 is 0. The number of nitrogens with one attached hydrogen (secondary N) is 1. The van der Waals surface area contributed by atoms with E-state index in [-0.39, 0.29) is 0 Å². The Morgan fingerprint density at radius 3 is 2.26 bits per heavy atom. The van der Waals surface area contributed by atoms with E-state index in [2.05, 4.69) is 5.32 Å². The topological polar surface area (TPSA) is 83.1 Å². The zero-order valence-electron chi connectivity index (χ0n) is 17.3. The number of anilines is 1. The second-order valence-corrected chi connectivity index (χ2v) is 6.49. The number of hydrogen-bond donors (Lipinski definition) is 1. The van der Waals surface area contributed by atoms with E-state index in [4.69, 9.17) is 18.9 Å². The van der Waals surface area contributed by atoms with Crippen LogP contribution in [0.1, 0.15) is 15.9 Å². The summed E-state index contributed by atoms with van der Waals surface area (Å²) < 4.78 is 21.1. The molecule has 0 saturated carbocycles. The highest BCUT2D eigenvalue weighted by atomic mass is 16.5. The van der Waals surface area contributed by atoms with Crippen LogP contribution >= 0.6 is 0 Å². The third-order valence-corrected chi connectivity index (χ3v) is 4.35. The highest BCUT2D eigenvalue weighted by Gasteiger charge is 2.13. The van der Waals surface area contributed by atoms with E-state index in [0.717, 1.165) is 11.3 Å². The van der Waals surface area contributed by atoms with Crippen LogP contribution < -0.4 is 19.5 Å². The van der Waals surface area contributed by atoms with Crippen molar-refractivity contribution in [2.24, 2.45) is 0 Å². The van der Waals surface area contributed by atoms with E-state index in [9.17, 15) is 9.59 Å². The molecule has 0 aliphatic rings. The van der Waals surface area contributed by atoms with E-state index >= 15 is 0 Å². The van der Waals surface area contributed by atoms with Crippen LogP contribution in [0.3, 0.4) is 0 Å². The molecule has 0 bridgehead atoms. The molecule has 1 N–H and O–H groups in total. The molecule has 1 amide bonds. The van der Waals surface area contributed by atoms with Crippen LogP contribution in [0.5, 0.6) is 17.2 Å². The Morgan fingerprint density at radius 1 is 0.839 bits per heavy atom. The zero-order chi connectivity index (χ0) is 22.1. The lowest BCUT2D eigenvalue weighted by molar-refractivity contribution is -0.119. The molecule has 3 rings (SSSR count). The minimum atomic E-state index is -0.594. The van der Waals surface area contributed by atoms with Crippen molar-refractivity contribution in [2.75, 3.05) is 26.1 Å². The van der Waals surface area contributed by atoms with Crippen molar-refractivity contribution >= 4 is 17.6 Å². The minimum Gasteiger partial charge on any atom is -0.497 e. The van der Waals surface area contributed by atoms with Gasteiger partial charge in [0.25, 0.3) is 5.91 Å². The lowest BCUT2D eigenvalue weighted by Crippen LogP contribution is -2.21. The zero-order valence-corrected chi connectivity index (χ0v) is 17.3. The molecule has 0 unspecified atom stereocenters. The van der Waals surface area contributed by atoms with Gasteiger partial charge in [-0.3, -0.25) is 4.79 Å². The van der Waals surface area contributed by atoms with Crippen LogP contribution in [0.15, 0.2) is 72.8 Å². The lowest BCUT2D eigenvalue weighted by Gasteiger charge is -2.12. The molecule has 0 saturated heterocycles. The van der Waals surface area contributed by atoms with Crippen LogP contribution in [0.4, 0.5) is 5.69 Å². The normalized spacial score (nSPS) is 10.1. The van der Waals surface area contributed by atoms with Gasteiger partial charge in [-0.15, -0.1) is 0 Å². The van der Waals surface area contributed by atoms with E-state index in [1.807, 2.05) is 30.3 Å². The maximum Gasteiger partial charge on any atom is 0.338 e. The van der Waals surface area contributed by atoms with Gasteiger partial charge in [-0.2, -0.15) is 0 Å². The Hall–Kier alpha value is -4.00. The Labute approximate surface area is 180 Å². The van der Waals surface area contributed by atoms with Crippen molar-refractivity contribution in [3.8, 4) is 17.2 Å². The van der Waals surface area contributed by atoms with Gasteiger partial charge in [0.2, 0.25) is 0 Å². The molecule has 0 heterocycles. The van der Waals surface area contributed by atoms with Crippen molar-refractivity contribution in [3.63, 3.8) is 0 Å². The van der Waals surface area contributed by atoms with E-state index < -0.39 is 18.5 Å². The number of rotatable bonds is 9. The molecule has 0 radical (unpaired) electrons. The second-order valence-electron chi connectivity index (χ2n) is 6.49. The van der Waals surface area contributed by atoms with Gasteiger partial charge in [0, 0.05) is 6.07 Å². The molecule has 3 aromatic rings. The highest BCUT2D eigenvalue weighted by Crippen LogP contribution is 2.28. The highest BCUT2D eigenvalue weighted by molar-refractivity contribution is 5.96. The van der Waals surface area contributed by atoms with Crippen molar-refractivity contribution in [3.05, 3.63) is 83.9 Å². The average Bonchev–Trinajstić information content (AvgIpc) is 2.82. The SMILES string of the molecule is COc1ccc(OC)c(NC(=O)COC(=O)c2ccc(COc3ccccc3)cc2)c1. The Balaban J connectivity index is 1.50. The second kappa shape index (κ2) is 10.7. The number of amides is 1. The van der Waals surface area contributed by atoms with Crippen LogP contribution in [0.25, 0.3) is 0 Å².